The average Bonchev–Trinajstić information content (AvgIpc) is 2.51. The molecule has 0 aromatic carbocycles. The van der Waals surface area contributed by atoms with Crippen LogP contribution in [0.3, 0.4) is 0 Å². The summed E-state index contributed by atoms with van der Waals surface area (Å²) in [6, 6.07) is 0. The van der Waals surface area contributed by atoms with Crippen molar-refractivity contribution in [3.8, 4) is 0 Å². The molecule has 0 radical (unpaired) electrons. The van der Waals surface area contributed by atoms with Gasteiger partial charge in [-0.05, 0) is 0 Å². The summed E-state index contributed by atoms with van der Waals surface area (Å²) in [6.07, 6.45) is 0.489. The van der Waals surface area contributed by atoms with Crippen molar-refractivity contribution in [3.63, 3.8) is 0 Å². The lowest BCUT2D eigenvalue weighted by Gasteiger charge is -1.94. The van der Waals surface area contributed by atoms with Crippen molar-refractivity contribution < 1.29 is 9.62 Å². The van der Waals surface area contributed by atoms with E-state index in [-0.39, 0.29) is 5.84 Å². The van der Waals surface area contributed by atoms with Gasteiger partial charge < -0.3 is 15.4 Å². The topological polar surface area (TPSA) is 97.5 Å². The molecule has 72 valence electrons. The number of nitrogens with zero attached hydrogens (tertiary/aromatic N) is 3. The Morgan fingerprint density at radius 2 is 2.46 bits per heavy atom. The number of hydrogen-bond donors (Lipinski definition) is 2. The van der Waals surface area contributed by atoms with Crippen molar-refractivity contribution in [1.82, 2.24) is 10.2 Å². The molecule has 0 saturated carbocycles. The predicted octanol–water partition coefficient (Wildman–Crippen LogP) is 0.607. The molecule has 1 heterocycles. The Hall–Kier alpha value is -1.24. The number of oxime groups is 1. The fourth-order valence-electron chi connectivity index (χ4n) is 0.630. The lowest BCUT2D eigenvalue weighted by Crippen LogP contribution is -2.11. The van der Waals surface area contributed by atoms with Gasteiger partial charge in [-0.1, -0.05) is 16.9 Å². The Morgan fingerprint density at radius 3 is 3.00 bits per heavy atom. The van der Waals surface area contributed by atoms with Crippen LogP contribution in [-0.2, 0) is 0 Å². The molecule has 0 bridgehead atoms. The minimum absolute atomic E-state index is 0.198. The van der Waals surface area contributed by atoms with Crippen LogP contribution in [0, 0.1) is 6.92 Å². The van der Waals surface area contributed by atoms with Crippen LogP contribution in [0.4, 0.5) is 0 Å². The van der Waals surface area contributed by atoms with Gasteiger partial charge in [0.05, 0.1) is 0 Å². The van der Waals surface area contributed by atoms with Gasteiger partial charge in [0.1, 0.15) is 5.84 Å². The molecule has 0 aliphatic heterocycles. The summed E-state index contributed by atoms with van der Waals surface area (Å²) in [5, 5.41) is 19.0. The van der Waals surface area contributed by atoms with Crippen molar-refractivity contribution >= 4 is 17.6 Å². The second-order valence-electron chi connectivity index (χ2n) is 2.28. The van der Waals surface area contributed by atoms with Crippen molar-refractivity contribution in [3.05, 3.63) is 5.89 Å². The highest BCUT2D eigenvalue weighted by Crippen LogP contribution is 2.15. The summed E-state index contributed by atoms with van der Waals surface area (Å²) in [5.41, 5.74) is 5.26. The lowest BCUT2D eigenvalue weighted by atomic mass is 10.5. The maximum Gasteiger partial charge on any atom is 0.276 e. The van der Waals surface area contributed by atoms with Crippen molar-refractivity contribution in [1.29, 1.82) is 0 Å². The Kier molecular flexibility index (Phi) is 3.56. The Morgan fingerprint density at radius 1 is 1.69 bits per heavy atom. The number of amidine groups is 1. The van der Waals surface area contributed by atoms with Gasteiger partial charge in [-0.25, -0.2) is 0 Å². The van der Waals surface area contributed by atoms with Crippen LogP contribution in [0.25, 0.3) is 0 Å². The zero-order valence-electron chi connectivity index (χ0n) is 7.10. The summed E-state index contributed by atoms with van der Waals surface area (Å²) in [5.74, 6) is 1.38. The third-order valence-electron chi connectivity index (χ3n) is 1.22. The largest absolute Gasteiger partial charge is 0.416 e. The quantitative estimate of drug-likeness (QED) is 0.244. The van der Waals surface area contributed by atoms with Crippen LogP contribution in [0.2, 0.25) is 0 Å². The molecule has 3 N–H and O–H groups in total. The number of nitrogens with two attached hydrogens (primary N) is 1. The summed E-state index contributed by atoms with van der Waals surface area (Å²) < 4.78 is 5.10. The van der Waals surface area contributed by atoms with Gasteiger partial charge in [-0.15, -0.1) is 10.2 Å². The molecular formula is C6H10N4O2S. The number of aromatic nitrogens is 2. The van der Waals surface area contributed by atoms with E-state index < -0.39 is 0 Å². The Bertz CT molecular complexity index is 299. The fourth-order valence-corrected chi connectivity index (χ4v) is 1.39. The molecule has 0 fully saturated rings. The van der Waals surface area contributed by atoms with Crippen LogP contribution in [0.15, 0.2) is 14.8 Å². The molecule has 7 heteroatoms. The smallest absolute Gasteiger partial charge is 0.276 e. The standard InChI is InChI=1S/C6H10N4O2S/c1-4-8-9-6(12-4)13-3-2-5(7)10-11/h11H,2-3H2,1H3,(H2,7,10). The van der Waals surface area contributed by atoms with Gasteiger partial charge in [0, 0.05) is 19.1 Å². The van der Waals surface area contributed by atoms with Crippen LogP contribution in [0.1, 0.15) is 12.3 Å². The predicted molar refractivity (Wildman–Crippen MR) is 47.8 cm³/mol. The van der Waals surface area contributed by atoms with E-state index in [1.54, 1.807) is 6.92 Å². The summed E-state index contributed by atoms with van der Waals surface area (Å²) in [4.78, 5) is 0. The molecule has 1 aromatic rings. The highest BCUT2D eigenvalue weighted by Gasteiger charge is 2.02. The van der Waals surface area contributed by atoms with E-state index in [1.165, 1.54) is 11.8 Å². The number of rotatable bonds is 4. The molecule has 6 nitrogen and oxygen atoms in total. The van der Waals surface area contributed by atoms with Gasteiger partial charge in [0.15, 0.2) is 0 Å². The van der Waals surface area contributed by atoms with Gasteiger partial charge in [0.2, 0.25) is 5.89 Å². The fraction of sp³-hybridized carbons (Fsp3) is 0.500. The first-order chi connectivity index (χ1) is 6.22. The minimum Gasteiger partial charge on any atom is -0.416 e. The molecule has 0 aliphatic carbocycles. The molecule has 0 aliphatic rings. The Balaban J connectivity index is 2.28. The van der Waals surface area contributed by atoms with E-state index in [0.717, 1.165) is 0 Å². The third kappa shape index (κ3) is 3.32. The maximum absolute atomic E-state index is 8.24. The lowest BCUT2D eigenvalue weighted by molar-refractivity contribution is 0.317. The number of aryl methyl sites for hydroxylation is 1. The molecule has 0 atom stereocenters. The van der Waals surface area contributed by atoms with Crippen molar-refractivity contribution in [2.45, 2.75) is 18.6 Å². The molecule has 1 rings (SSSR count). The minimum atomic E-state index is 0.198. The van der Waals surface area contributed by atoms with Crippen LogP contribution in [0.5, 0.6) is 0 Å². The first-order valence-electron chi connectivity index (χ1n) is 3.61. The molecule has 1 aromatic heterocycles. The van der Waals surface area contributed by atoms with Gasteiger partial charge in [0.25, 0.3) is 5.22 Å². The van der Waals surface area contributed by atoms with E-state index in [4.69, 9.17) is 15.4 Å². The first-order valence-corrected chi connectivity index (χ1v) is 4.60. The van der Waals surface area contributed by atoms with Crippen LogP contribution < -0.4 is 5.73 Å². The molecular weight excluding hydrogens is 192 g/mol. The Labute approximate surface area is 79.2 Å². The monoisotopic (exact) mass is 202 g/mol. The number of hydrogen-bond acceptors (Lipinski definition) is 6. The number of thioether (sulfide) groups is 1. The molecule has 0 saturated heterocycles. The molecule has 0 spiro atoms. The van der Waals surface area contributed by atoms with Crippen LogP contribution in [-0.4, -0.2) is 27.0 Å². The normalized spacial score (nSPS) is 11.9. The second-order valence-corrected chi connectivity index (χ2v) is 3.32. The average molecular weight is 202 g/mol. The van der Waals surface area contributed by atoms with Gasteiger partial charge >= 0.3 is 0 Å². The van der Waals surface area contributed by atoms with Crippen molar-refractivity contribution in [2.24, 2.45) is 10.9 Å². The van der Waals surface area contributed by atoms with Crippen molar-refractivity contribution in [2.75, 3.05) is 5.75 Å². The van der Waals surface area contributed by atoms with E-state index in [1.807, 2.05) is 0 Å². The summed E-state index contributed by atoms with van der Waals surface area (Å²) >= 11 is 1.37. The first kappa shape index (κ1) is 9.85. The molecule has 0 unspecified atom stereocenters. The maximum atomic E-state index is 8.24. The van der Waals surface area contributed by atoms with Crippen LogP contribution >= 0.6 is 11.8 Å². The summed E-state index contributed by atoms with van der Waals surface area (Å²) in [7, 11) is 0. The van der Waals surface area contributed by atoms with E-state index in [2.05, 4.69) is 15.4 Å². The van der Waals surface area contributed by atoms with E-state index in [0.29, 0.717) is 23.3 Å². The zero-order chi connectivity index (χ0) is 9.68. The molecule has 13 heavy (non-hydrogen) atoms. The molecule has 0 amide bonds. The van der Waals surface area contributed by atoms with Gasteiger partial charge in [-0.3, -0.25) is 0 Å². The highest BCUT2D eigenvalue weighted by molar-refractivity contribution is 7.99. The summed E-state index contributed by atoms with van der Waals surface area (Å²) in [6.45, 7) is 1.72. The SMILES string of the molecule is Cc1nnc(SCCC(N)=NO)o1. The van der Waals surface area contributed by atoms with Gasteiger partial charge in [-0.2, -0.15) is 0 Å². The van der Waals surface area contributed by atoms with E-state index in [9.17, 15) is 0 Å². The van der Waals surface area contributed by atoms with E-state index >= 15 is 0 Å². The second kappa shape index (κ2) is 4.70. The highest BCUT2D eigenvalue weighted by atomic mass is 32.2. The third-order valence-corrected chi connectivity index (χ3v) is 2.04. The zero-order valence-corrected chi connectivity index (χ0v) is 7.91.